The fourth-order valence-electron chi connectivity index (χ4n) is 1.45. The molecular formula is C11H11ClN2O4S. The van der Waals surface area contributed by atoms with Crippen LogP contribution in [0.15, 0.2) is 46.0 Å². The number of rotatable bonds is 5. The number of hydrogen-bond donors (Lipinski definition) is 2. The van der Waals surface area contributed by atoms with Crippen molar-refractivity contribution >= 4 is 21.6 Å². The van der Waals surface area contributed by atoms with Gasteiger partial charge in [-0.25, -0.2) is 13.4 Å². The van der Waals surface area contributed by atoms with Gasteiger partial charge in [0.2, 0.25) is 10.0 Å². The zero-order chi connectivity index (χ0) is 13.9. The van der Waals surface area contributed by atoms with Crippen LogP contribution in [0.25, 0.3) is 0 Å². The Morgan fingerprint density at radius 1 is 1.42 bits per heavy atom. The Hall–Kier alpha value is -1.41. The lowest BCUT2D eigenvalue weighted by Crippen LogP contribution is -2.30. The first kappa shape index (κ1) is 14.0. The lowest BCUT2D eigenvalue weighted by molar-refractivity contribution is 0.242. The molecular weight excluding hydrogens is 292 g/mol. The third-order valence-corrected chi connectivity index (χ3v) is 4.06. The highest BCUT2D eigenvalue weighted by molar-refractivity contribution is 7.89. The van der Waals surface area contributed by atoms with Crippen molar-refractivity contribution in [2.75, 3.05) is 6.61 Å². The number of sulfonamides is 1. The van der Waals surface area contributed by atoms with Crippen LogP contribution >= 0.6 is 11.6 Å². The van der Waals surface area contributed by atoms with Crippen molar-refractivity contribution in [3.63, 3.8) is 0 Å². The Balaban J connectivity index is 2.23. The van der Waals surface area contributed by atoms with Crippen LogP contribution in [-0.2, 0) is 10.0 Å². The summed E-state index contributed by atoms with van der Waals surface area (Å²) in [6, 6.07) is 5.03. The maximum Gasteiger partial charge on any atom is 0.242 e. The monoisotopic (exact) mass is 302 g/mol. The molecule has 8 heteroatoms. The van der Waals surface area contributed by atoms with Gasteiger partial charge >= 0.3 is 0 Å². The molecule has 0 aliphatic rings. The summed E-state index contributed by atoms with van der Waals surface area (Å²) >= 11 is 5.59. The normalized spacial score (nSPS) is 13.4. The van der Waals surface area contributed by atoms with Gasteiger partial charge in [-0.3, -0.25) is 0 Å². The van der Waals surface area contributed by atoms with Crippen molar-refractivity contribution in [3.8, 4) is 0 Å². The molecule has 0 saturated carbocycles. The van der Waals surface area contributed by atoms with E-state index in [1.54, 1.807) is 12.1 Å². The summed E-state index contributed by atoms with van der Waals surface area (Å²) in [6.07, 6.45) is 2.54. The van der Waals surface area contributed by atoms with Crippen LogP contribution in [-0.4, -0.2) is 25.1 Å². The van der Waals surface area contributed by atoms with Gasteiger partial charge in [0.1, 0.15) is 21.9 Å². The molecule has 19 heavy (non-hydrogen) atoms. The average Bonchev–Trinajstić information content (AvgIpc) is 2.90. The van der Waals surface area contributed by atoms with E-state index in [1.165, 1.54) is 18.4 Å². The molecule has 0 saturated heterocycles. The van der Waals surface area contributed by atoms with E-state index in [4.69, 9.17) is 16.0 Å². The molecule has 2 aromatic rings. The fraction of sp³-hybridized carbons (Fsp3) is 0.182. The van der Waals surface area contributed by atoms with Crippen LogP contribution in [0.1, 0.15) is 11.8 Å². The van der Waals surface area contributed by atoms with Crippen molar-refractivity contribution < 1.29 is 17.9 Å². The minimum absolute atomic E-state index is 0.0399. The van der Waals surface area contributed by atoms with Gasteiger partial charge in [0, 0.05) is 6.20 Å². The average molecular weight is 303 g/mol. The van der Waals surface area contributed by atoms with Gasteiger partial charge in [0.25, 0.3) is 0 Å². The molecule has 6 nitrogen and oxygen atoms in total. The lowest BCUT2D eigenvalue weighted by atomic mass is 10.2. The number of aliphatic hydroxyl groups excluding tert-OH is 1. The number of nitrogens with one attached hydrogen (secondary N) is 1. The summed E-state index contributed by atoms with van der Waals surface area (Å²) in [5.41, 5.74) is 0. The first-order valence-electron chi connectivity index (χ1n) is 5.31. The Morgan fingerprint density at radius 3 is 2.74 bits per heavy atom. The molecule has 0 aliphatic heterocycles. The first-order chi connectivity index (χ1) is 9.03. The molecule has 2 heterocycles. The van der Waals surface area contributed by atoms with Gasteiger partial charge in [-0.15, -0.1) is 0 Å². The second-order valence-electron chi connectivity index (χ2n) is 3.69. The zero-order valence-electron chi connectivity index (χ0n) is 9.65. The summed E-state index contributed by atoms with van der Waals surface area (Å²) < 4.78 is 31.5. The molecule has 1 atom stereocenters. The number of hydrogen-bond acceptors (Lipinski definition) is 5. The number of halogens is 1. The van der Waals surface area contributed by atoms with E-state index in [1.807, 2.05) is 0 Å². The largest absolute Gasteiger partial charge is 0.468 e. The second-order valence-corrected chi connectivity index (χ2v) is 5.79. The fourth-order valence-corrected chi connectivity index (χ4v) is 2.70. The van der Waals surface area contributed by atoms with Crippen LogP contribution in [0.4, 0.5) is 0 Å². The number of nitrogens with zero attached hydrogens (tertiary/aromatic N) is 1. The van der Waals surface area contributed by atoms with E-state index in [2.05, 4.69) is 9.71 Å². The van der Waals surface area contributed by atoms with E-state index >= 15 is 0 Å². The SMILES string of the molecule is O=S(=O)(NC(CO)c1ccco1)c1ccc(Cl)nc1. The third kappa shape index (κ3) is 3.32. The Labute approximate surface area is 115 Å². The number of aromatic nitrogens is 1. The molecule has 1 unspecified atom stereocenters. The van der Waals surface area contributed by atoms with Crippen molar-refractivity contribution in [2.45, 2.75) is 10.9 Å². The van der Waals surface area contributed by atoms with Crippen molar-refractivity contribution in [2.24, 2.45) is 0 Å². The molecule has 0 amide bonds. The highest BCUT2D eigenvalue weighted by Crippen LogP contribution is 2.17. The predicted octanol–water partition coefficient (Wildman–Crippen LogP) is 1.34. The van der Waals surface area contributed by atoms with Crippen LogP contribution in [0.3, 0.4) is 0 Å². The van der Waals surface area contributed by atoms with Gasteiger partial charge in [-0.05, 0) is 24.3 Å². The molecule has 0 radical (unpaired) electrons. The summed E-state index contributed by atoms with van der Waals surface area (Å²) in [4.78, 5) is 3.66. The van der Waals surface area contributed by atoms with Gasteiger partial charge < -0.3 is 9.52 Å². The second kappa shape index (κ2) is 5.70. The maximum atomic E-state index is 12.1. The molecule has 0 spiro atoms. The molecule has 102 valence electrons. The summed E-state index contributed by atoms with van der Waals surface area (Å²) in [7, 11) is -3.81. The number of aliphatic hydroxyl groups is 1. The van der Waals surface area contributed by atoms with E-state index in [0.29, 0.717) is 5.76 Å². The summed E-state index contributed by atoms with van der Waals surface area (Å²) in [6.45, 7) is -0.423. The Morgan fingerprint density at radius 2 is 2.21 bits per heavy atom. The molecule has 0 bridgehead atoms. The van der Waals surface area contributed by atoms with E-state index in [0.717, 1.165) is 6.20 Å². The van der Waals surface area contributed by atoms with E-state index < -0.39 is 22.7 Å². The molecule has 2 aromatic heterocycles. The van der Waals surface area contributed by atoms with E-state index in [9.17, 15) is 13.5 Å². The molecule has 0 fully saturated rings. The van der Waals surface area contributed by atoms with Crippen molar-refractivity contribution in [1.82, 2.24) is 9.71 Å². The summed E-state index contributed by atoms with van der Waals surface area (Å²) in [5, 5.41) is 9.43. The zero-order valence-corrected chi connectivity index (χ0v) is 11.2. The molecule has 2 rings (SSSR count). The van der Waals surface area contributed by atoms with Crippen molar-refractivity contribution in [3.05, 3.63) is 47.6 Å². The highest BCUT2D eigenvalue weighted by atomic mass is 35.5. The van der Waals surface area contributed by atoms with Crippen molar-refractivity contribution in [1.29, 1.82) is 0 Å². The molecule has 2 N–H and O–H groups in total. The smallest absolute Gasteiger partial charge is 0.242 e. The first-order valence-corrected chi connectivity index (χ1v) is 7.17. The Kier molecular flexibility index (Phi) is 4.20. The van der Waals surface area contributed by atoms with Crippen LogP contribution in [0.2, 0.25) is 5.15 Å². The minimum Gasteiger partial charge on any atom is -0.468 e. The molecule has 0 aliphatic carbocycles. The Bertz CT molecular complexity index is 625. The molecule has 0 aromatic carbocycles. The third-order valence-electron chi connectivity index (χ3n) is 2.38. The highest BCUT2D eigenvalue weighted by Gasteiger charge is 2.22. The quantitative estimate of drug-likeness (QED) is 0.813. The van der Waals surface area contributed by atoms with Crippen LogP contribution in [0, 0.1) is 0 Å². The van der Waals surface area contributed by atoms with Gasteiger partial charge in [0.15, 0.2) is 0 Å². The standard InChI is InChI=1S/C11H11ClN2O4S/c12-11-4-3-8(6-13-11)19(16,17)14-9(7-15)10-2-1-5-18-10/h1-6,9,14-15H,7H2. The summed E-state index contributed by atoms with van der Waals surface area (Å²) in [5.74, 6) is 0.327. The van der Waals surface area contributed by atoms with Gasteiger partial charge in [0.05, 0.1) is 12.9 Å². The van der Waals surface area contributed by atoms with E-state index in [-0.39, 0.29) is 10.0 Å². The van der Waals surface area contributed by atoms with Gasteiger partial charge in [-0.1, -0.05) is 11.6 Å². The number of furan rings is 1. The van der Waals surface area contributed by atoms with Crippen LogP contribution in [0.5, 0.6) is 0 Å². The number of pyridine rings is 1. The predicted molar refractivity (Wildman–Crippen MR) is 68.1 cm³/mol. The maximum absolute atomic E-state index is 12.1. The topological polar surface area (TPSA) is 92.4 Å². The van der Waals surface area contributed by atoms with Gasteiger partial charge in [-0.2, -0.15) is 4.72 Å². The van der Waals surface area contributed by atoms with Crippen LogP contribution < -0.4 is 4.72 Å². The minimum atomic E-state index is -3.81. The lowest BCUT2D eigenvalue weighted by Gasteiger charge is -2.14.